The number of rotatable bonds is 61. The van der Waals surface area contributed by atoms with E-state index in [1.165, 1.54) is 141 Å². The third kappa shape index (κ3) is 66.5. The van der Waals surface area contributed by atoms with Crippen LogP contribution in [-0.4, -0.2) is 37.2 Å². The Morgan fingerprint density at radius 3 is 0.753 bits per heavy atom. The van der Waals surface area contributed by atoms with Gasteiger partial charge in [0.05, 0.1) is 0 Å². The number of ether oxygens (including phenoxy) is 3. The Bertz CT molecular complexity index is 1670. The maximum absolute atomic E-state index is 12.9. The molecule has 0 spiro atoms. The van der Waals surface area contributed by atoms with Crippen molar-refractivity contribution in [2.75, 3.05) is 13.2 Å². The van der Waals surface area contributed by atoms with Gasteiger partial charge in [0.1, 0.15) is 13.2 Å². The van der Waals surface area contributed by atoms with Crippen molar-refractivity contribution >= 4 is 17.9 Å². The Balaban J connectivity index is 4.16. The summed E-state index contributed by atoms with van der Waals surface area (Å²) in [5, 5.41) is 0. The summed E-state index contributed by atoms with van der Waals surface area (Å²) in [7, 11) is 0. The zero-order valence-corrected chi connectivity index (χ0v) is 53.0. The van der Waals surface area contributed by atoms with Crippen molar-refractivity contribution in [1.82, 2.24) is 0 Å². The summed E-state index contributed by atoms with van der Waals surface area (Å²) < 4.78 is 16.8. The van der Waals surface area contributed by atoms with Crippen LogP contribution >= 0.6 is 0 Å². The van der Waals surface area contributed by atoms with E-state index >= 15 is 0 Å². The van der Waals surface area contributed by atoms with Gasteiger partial charge in [-0.3, -0.25) is 14.4 Å². The summed E-state index contributed by atoms with van der Waals surface area (Å²) in [5.41, 5.74) is 0. The van der Waals surface area contributed by atoms with E-state index in [1.807, 2.05) is 0 Å². The van der Waals surface area contributed by atoms with E-state index in [-0.39, 0.29) is 31.1 Å². The third-order valence-corrected chi connectivity index (χ3v) is 14.5. The minimum Gasteiger partial charge on any atom is -0.462 e. The number of carbonyl (C=O) groups excluding carboxylic acids is 3. The van der Waals surface area contributed by atoms with Gasteiger partial charge in [-0.25, -0.2) is 0 Å². The molecule has 0 bridgehead atoms. The first-order valence-electron chi connectivity index (χ1n) is 34.0. The molecule has 0 aromatic carbocycles. The molecule has 0 aliphatic carbocycles. The minimum atomic E-state index is -0.790. The first kappa shape index (κ1) is 76.8. The lowest BCUT2D eigenvalue weighted by Crippen LogP contribution is -2.30. The molecule has 6 nitrogen and oxygen atoms in total. The van der Waals surface area contributed by atoms with E-state index in [0.29, 0.717) is 19.3 Å². The fourth-order valence-electron chi connectivity index (χ4n) is 9.37. The number of allylic oxidation sites excluding steroid dienone is 20. The molecule has 0 heterocycles. The van der Waals surface area contributed by atoms with Crippen molar-refractivity contribution in [3.63, 3.8) is 0 Å². The van der Waals surface area contributed by atoms with Crippen molar-refractivity contribution in [2.45, 2.75) is 322 Å². The number of carbonyl (C=O) groups is 3. The predicted octanol–water partition coefficient (Wildman–Crippen LogP) is 23.6. The molecule has 0 amide bonds. The zero-order chi connectivity index (χ0) is 58.5. The normalized spacial score (nSPS) is 12.9. The van der Waals surface area contributed by atoms with Crippen LogP contribution in [0.1, 0.15) is 316 Å². The van der Waals surface area contributed by atoms with Crippen molar-refractivity contribution in [3.8, 4) is 0 Å². The van der Waals surface area contributed by atoms with Crippen LogP contribution in [0.5, 0.6) is 0 Å². The molecule has 462 valence electrons. The van der Waals surface area contributed by atoms with E-state index in [9.17, 15) is 14.4 Å². The highest BCUT2D eigenvalue weighted by molar-refractivity contribution is 5.71. The van der Waals surface area contributed by atoms with Crippen LogP contribution < -0.4 is 0 Å². The van der Waals surface area contributed by atoms with Gasteiger partial charge in [-0.1, -0.05) is 303 Å². The SMILES string of the molecule is CC/C=C\C/C=C\C/C=C\C/C=C\C/C=C\C/C=C\C/C=C\CCCCCCCC(=O)OC(COC(=O)CCCCCCCCC)COC(=O)CCCCCCCCCCCCCCCC/C=C\C/C=C\C/C=C\CCCCCCC. The number of unbranched alkanes of at least 4 members (excludes halogenated alkanes) is 30. The van der Waals surface area contributed by atoms with Gasteiger partial charge >= 0.3 is 17.9 Å². The van der Waals surface area contributed by atoms with E-state index in [4.69, 9.17) is 14.2 Å². The average molecular weight is 1120 g/mol. The molecule has 0 fully saturated rings. The third-order valence-electron chi connectivity index (χ3n) is 14.5. The van der Waals surface area contributed by atoms with Crippen molar-refractivity contribution in [3.05, 3.63) is 122 Å². The van der Waals surface area contributed by atoms with Gasteiger partial charge in [-0.15, -0.1) is 0 Å². The highest BCUT2D eigenvalue weighted by atomic mass is 16.6. The van der Waals surface area contributed by atoms with Crippen LogP contribution in [0, 0.1) is 0 Å². The molecule has 0 rings (SSSR count). The second-order valence-corrected chi connectivity index (χ2v) is 22.4. The quantitative estimate of drug-likeness (QED) is 0.0261. The van der Waals surface area contributed by atoms with E-state index in [1.54, 1.807) is 0 Å². The number of hydrogen-bond donors (Lipinski definition) is 0. The Kier molecular flexibility index (Phi) is 64.8. The molecular weight excluding hydrogens is 997 g/mol. The second kappa shape index (κ2) is 68.3. The molecule has 1 atom stereocenters. The molecule has 0 aromatic heterocycles. The topological polar surface area (TPSA) is 78.9 Å². The Morgan fingerprint density at radius 1 is 0.259 bits per heavy atom. The van der Waals surface area contributed by atoms with E-state index in [2.05, 4.69) is 142 Å². The van der Waals surface area contributed by atoms with Crippen LogP contribution in [0.2, 0.25) is 0 Å². The highest BCUT2D eigenvalue weighted by Gasteiger charge is 2.19. The fraction of sp³-hybridized carbons (Fsp3) is 0.693. The number of hydrogen-bond acceptors (Lipinski definition) is 6. The van der Waals surface area contributed by atoms with Crippen molar-refractivity contribution in [2.24, 2.45) is 0 Å². The molecule has 0 aliphatic rings. The maximum atomic E-state index is 12.9. The van der Waals surface area contributed by atoms with Crippen molar-refractivity contribution < 1.29 is 28.6 Å². The molecule has 6 heteroatoms. The Morgan fingerprint density at radius 2 is 0.481 bits per heavy atom. The summed E-state index contributed by atoms with van der Waals surface area (Å²) in [6, 6.07) is 0. The summed E-state index contributed by atoms with van der Waals surface area (Å²) in [5.74, 6) is -0.907. The van der Waals surface area contributed by atoms with Crippen LogP contribution in [-0.2, 0) is 28.6 Å². The fourth-order valence-corrected chi connectivity index (χ4v) is 9.37. The van der Waals surface area contributed by atoms with Crippen LogP contribution in [0.15, 0.2) is 122 Å². The largest absolute Gasteiger partial charge is 0.462 e. The maximum Gasteiger partial charge on any atom is 0.306 e. The minimum absolute atomic E-state index is 0.0865. The summed E-state index contributed by atoms with van der Waals surface area (Å²) in [4.78, 5) is 38.2. The monoisotopic (exact) mass is 1120 g/mol. The zero-order valence-electron chi connectivity index (χ0n) is 53.0. The van der Waals surface area contributed by atoms with Gasteiger partial charge in [-0.2, -0.15) is 0 Å². The van der Waals surface area contributed by atoms with Gasteiger partial charge < -0.3 is 14.2 Å². The van der Waals surface area contributed by atoms with Crippen molar-refractivity contribution in [1.29, 1.82) is 0 Å². The smallest absolute Gasteiger partial charge is 0.306 e. The lowest BCUT2D eigenvalue weighted by atomic mass is 10.0. The second-order valence-electron chi connectivity index (χ2n) is 22.4. The summed E-state index contributed by atoms with van der Waals surface area (Å²) in [6.45, 7) is 6.47. The van der Waals surface area contributed by atoms with Crippen LogP contribution in [0.3, 0.4) is 0 Å². The molecule has 1 unspecified atom stereocenters. The lowest BCUT2D eigenvalue weighted by molar-refractivity contribution is -0.167. The first-order valence-corrected chi connectivity index (χ1v) is 34.0. The highest BCUT2D eigenvalue weighted by Crippen LogP contribution is 2.16. The molecular formula is C75H126O6. The molecule has 0 aliphatic heterocycles. The van der Waals surface area contributed by atoms with Crippen LogP contribution in [0.4, 0.5) is 0 Å². The average Bonchev–Trinajstić information content (AvgIpc) is 3.46. The van der Waals surface area contributed by atoms with Gasteiger partial charge in [-0.05, 0) is 116 Å². The van der Waals surface area contributed by atoms with Gasteiger partial charge in [0, 0.05) is 19.3 Å². The molecule has 0 saturated heterocycles. The Labute approximate surface area is 501 Å². The van der Waals surface area contributed by atoms with Gasteiger partial charge in [0.2, 0.25) is 0 Å². The van der Waals surface area contributed by atoms with Crippen LogP contribution in [0.25, 0.3) is 0 Å². The summed E-state index contributed by atoms with van der Waals surface area (Å²) >= 11 is 0. The molecule has 0 saturated carbocycles. The molecule has 81 heavy (non-hydrogen) atoms. The summed E-state index contributed by atoms with van der Waals surface area (Å²) in [6.07, 6.45) is 95.3. The lowest BCUT2D eigenvalue weighted by Gasteiger charge is -2.18. The predicted molar refractivity (Wildman–Crippen MR) is 353 cm³/mol. The van der Waals surface area contributed by atoms with E-state index < -0.39 is 6.10 Å². The first-order chi connectivity index (χ1) is 40.0. The Hall–Kier alpha value is -4.19. The van der Waals surface area contributed by atoms with E-state index in [0.717, 1.165) is 135 Å². The molecule has 0 aromatic rings. The molecule has 0 N–H and O–H groups in total. The number of esters is 3. The standard InChI is InChI=1S/C75H126O6/c1-4-7-10-13-16-18-20-22-24-26-28-30-32-34-36-37-39-40-42-44-46-48-50-52-54-56-59-62-65-68-74(77)80-71-72(70-79-73(76)67-64-61-58-15-12-9-6-3)81-75(78)69-66-63-60-57-55-53-51-49-47-45-43-41-38-35-33-31-29-27-25-23-21-19-17-14-11-8-5-2/h8,11,17,19-20,22-23,25-26,28-29,31-32,34-35,38,43,45,49,51,72H,4-7,9-10,12-16,18,21,24,27,30,33,36-37,39-42,44,46-48,50,52-71H2,1-3H3/b11-8-,19-17-,22-20-,25-23-,28-26-,31-29-,34-32-,38-35-,45-43-,51-49-. The van der Waals surface area contributed by atoms with Gasteiger partial charge in [0.25, 0.3) is 0 Å². The molecule has 0 radical (unpaired) electrons. The van der Waals surface area contributed by atoms with Gasteiger partial charge in [0.15, 0.2) is 6.10 Å².